The summed E-state index contributed by atoms with van der Waals surface area (Å²) in [6.45, 7) is 7.55. The molecule has 2 aromatic rings. The Kier molecular flexibility index (Phi) is 5.08. The van der Waals surface area contributed by atoms with Gasteiger partial charge in [-0.05, 0) is 32.4 Å². The van der Waals surface area contributed by atoms with E-state index in [1.807, 2.05) is 19.2 Å². The van der Waals surface area contributed by atoms with Gasteiger partial charge in [-0.25, -0.2) is 19.4 Å². The molecule has 0 amide bonds. The number of piperidine rings is 1. The van der Waals surface area contributed by atoms with E-state index in [1.54, 1.807) is 11.6 Å². The molecule has 0 spiro atoms. The van der Waals surface area contributed by atoms with Crippen molar-refractivity contribution in [1.29, 1.82) is 0 Å². The van der Waals surface area contributed by atoms with Crippen LogP contribution in [0, 0.1) is 0 Å². The predicted molar refractivity (Wildman–Crippen MR) is 91.8 cm³/mol. The molecule has 0 saturated carbocycles. The van der Waals surface area contributed by atoms with Gasteiger partial charge in [-0.1, -0.05) is 6.92 Å². The minimum Gasteiger partial charge on any atom is -0.297 e. The van der Waals surface area contributed by atoms with Crippen molar-refractivity contribution in [3.05, 3.63) is 40.1 Å². The molecule has 1 saturated heterocycles. The summed E-state index contributed by atoms with van der Waals surface area (Å²) in [4.78, 5) is 23.4. The first-order chi connectivity index (χ1) is 11.6. The number of hydrogen-bond acceptors (Lipinski definition) is 5. The molecule has 24 heavy (non-hydrogen) atoms. The topological polar surface area (TPSA) is 68.8 Å². The normalized spacial score (nSPS) is 18.9. The number of rotatable bonds is 5. The summed E-state index contributed by atoms with van der Waals surface area (Å²) >= 11 is 0. The highest BCUT2D eigenvalue weighted by Crippen LogP contribution is 2.25. The average molecular weight is 330 g/mol. The molecule has 0 radical (unpaired) electrons. The Morgan fingerprint density at radius 2 is 2.17 bits per heavy atom. The van der Waals surface area contributed by atoms with Crippen LogP contribution in [0.5, 0.6) is 0 Å². The fourth-order valence-corrected chi connectivity index (χ4v) is 3.46. The average Bonchev–Trinajstić information content (AvgIpc) is 2.90. The Bertz CT molecular complexity index is 750. The van der Waals surface area contributed by atoms with Gasteiger partial charge in [0, 0.05) is 45.2 Å². The molecule has 0 N–H and O–H groups in total. The molecular weight excluding hydrogens is 304 g/mol. The van der Waals surface area contributed by atoms with Gasteiger partial charge in [0.2, 0.25) is 0 Å². The van der Waals surface area contributed by atoms with Gasteiger partial charge >= 0.3 is 5.69 Å². The SMILES string of the molecule is CCc1nccc(CN2CCC[C@@H](c3nn(C)c(=O)n3CC)C2)n1. The molecule has 0 unspecified atom stereocenters. The van der Waals surface area contributed by atoms with Crippen LogP contribution in [0.3, 0.4) is 0 Å². The van der Waals surface area contributed by atoms with Crippen molar-refractivity contribution in [1.82, 2.24) is 29.2 Å². The Morgan fingerprint density at radius 1 is 1.33 bits per heavy atom. The molecule has 0 aromatic carbocycles. The van der Waals surface area contributed by atoms with Crippen LogP contribution in [-0.2, 0) is 26.6 Å². The van der Waals surface area contributed by atoms with Crippen LogP contribution in [0.15, 0.2) is 17.1 Å². The van der Waals surface area contributed by atoms with E-state index in [9.17, 15) is 4.79 Å². The molecule has 1 fully saturated rings. The lowest BCUT2D eigenvalue weighted by molar-refractivity contribution is 0.192. The van der Waals surface area contributed by atoms with E-state index >= 15 is 0 Å². The molecule has 3 heterocycles. The molecule has 7 nitrogen and oxygen atoms in total. The molecule has 2 aromatic heterocycles. The number of aromatic nitrogens is 5. The van der Waals surface area contributed by atoms with Crippen molar-refractivity contribution in [3.63, 3.8) is 0 Å². The maximum absolute atomic E-state index is 12.1. The predicted octanol–water partition coefficient (Wildman–Crippen LogP) is 1.33. The fraction of sp³-hybridized carbons (Fsp3) is 0.647. The lowest BCUT2D eigenvalue weighted by Crippen LogP contribution is -2.35. The maximum atomic E-state index is 12.1. The van der Waals surface area contributed by atoms with Crippen molar-refractivity contribution >= 4 is 0 Å². The zero-order chi connectivity index (χ0) is 17.1. The summed E-state index contributed by atoms with van der Waals surface area (Å²) in [7, 11) is 1.73. The molecule has 1 atom stereocenters. The van der Waals surface area contributed by atoms with E-state index in [4.69, 9.17) is 0 Å². The van der Waals surface area contributed by atoms with E-state index in [2.05, 4.69) is 26.9 Å². The molecule has 0 bridgehead atoms. The van der Waals surface area contributed by atoms with E-state index in [0.717, 1.165) is 56.2 Å². The smallest absolute Gasteiger partial charge is 0.297 e. The van der Waals surface area contributed by atoms with Crippen molar-refractivity contribution in [2.24, 2.45) is 7.05 Å². The Labute approximate surface area is 142 Å². The Morgan fingerprint density at radius 3 is 2.92 bits per heavy atom. The van der Waals surface area contributed by atoms with Crippen LogP contribution in [0.1, 0.15) is 49.9 Å². The first-order valence-corrected chi connectivity index (χ1v) is 8.79. The highest BCUT2D eigenvalue weighted by Gasteiger charge is 2.26. The summed E-state index contributed by atoms with van der Waals surface area (Å²) in [5, 5.41) is 4.49. The van der Waals surface area contributed by atoms with Crippen LogP contribution < -0.4 is 5.69 Å². The van der Waals surface area contributed by atoms with E-state index < -0.39 is 0 Å². The summed E-state index contributed by atoms with van der Waals surface area (Å²) in [6.07, 6.45) is 4.89. The van der Waals surface area contributed by atoms with Gasteiger partial charge in [-0.2, -0.15) is 5.10 Å². The molecule has 3 rings (SSSR count). The summed E-state index contributed by atoms with van der Waals surface area (Å²) in [5.41, 5.74) is 1.05. The zero-order valence-corrected chi connectivity index (χ0v) is 14.8. The molecule has 130 valence electrons. The van der Waals surface area contributed by atoms with Gasteiger partial charge in [0.25, 0.3) is 0 Å². The van der Waals surface area contributed by atoms with E-state index in [0.29, 0.717) is 12.5 Å². The van der Waals surface area contributed by atoms with Crippen molar-refractivity contribution in [3.8, 4) is 0 Å². The first kappa shape index (κ1) is 16.8. The van der Waals surface area contributed by atoms with E-state index in [1.165, 1.54) is 4.68 Å². The number of likely N-dealkylation sites (tertiary alicyclic amines) is 1. The van der Waals surface area contributed by atoms with Crippen LogP contribution in [0.2, 0.25) is 0 Å². The Hall–Kier alpha value is -2.02. The maximum Gasteiger partial charge on any atom is 0.345 e. The van der Waals surface area contributed by atoms with Gasteiger partial charge in [0.05, 0.1) is 5.69 Å². The van der Waals surface area contributed by atoms with Crippen molar-refractivity contribution < 1.29 is 0 Å². The Balaban J connectivity index is 1.75. The third kappa shape index (κ3) is 3.40. The molecular formula is C17H26N6O. The van der Waals surface area contributed by atoms with Gasteiger partial charge in [0.15, 0.2) is 0 Å². The van der Waals surface area contributed by atoms with Crippen LogP contribution in [0.25, 0.3) is 0 Å². The number of nitrogens with zero attached hydrogens (tertiary/aromatic N) is 6. The summed E-state index contributed by atoms with van der Waals surface area (Å²) in [5.74, 6) is 2.12. The quantitative estimate of drug-likeness (QED) is 0.827. The number of aryl methyl sites for hydroxylation is 2. The van der Waals surface area contributed by atoms with Gasteiger partial charge in [-0.3, -0.25) is 9.47 Å². The first-order valence-electron chi connectivity index (χ1n) is 8.79. The lowest BCUT2D eigenvalue weighted by atomic mass is 9.97. The standard InChI is InChI=1S/C17H26N6O/c1-4-15-18-9-8-14(19-15)12-22-10-6-7-13(11-22)16-20-21(3)17(24)23(16)5-2/h8-9,13H,4-7,10-12H2,1-3H3/t13-/m1/s1. The zero-order valence-electron chi connectivity index (χ0n) is 14.8. The van der Waals surface area contributed by atoms with Crippen LogP contribution in [-0.4, -0.2) is 42.3 Å². The van der Waals surface area contributed by atoms with Gasteiger partial charge in [0.1, 0.15) is 11.6 Å². The lowest BCUT2D eigenvalue weighted by Gasteiger charge is -2.32. The van der Waals surface area contributed by atoms with E-state index in [-0.39, 0.29) is 5.69 Å². The van der Waals surface area contributed by atoms with Gasteiger partial charge in [-0.15, -0.1) is 0 Å². The van der Waals surface area contributed by atoms with Crippen molar-refractivity contribution in [2.45, 2.75) is 52.1 Å². The molecule has 0 aliphatic carbocycles. The third-order valence-electron chi connectivity index (χ3n) is 4.69. The summed E-state index contributed by atoms with van der Waals surface area (Å²) < 4.78 is 3.25. The van der Waals surface area contributed by atoms with Crippen LogP contribution in [0.4, 0.5) is 0 Å². The summed E-state index contributed by atoms with van der Waals surface area (Å²) in [6, 6.07) is 1.99. The fourth-order valence-electron chi connectivity index (χ4n) is 3.46. The largest absolute Gasteiger partial charge is 0.345 e. The number of hydrogen-bond donors (Lipinski definition) is 0. The second kappa shape index (κ2) is 7.25. The molecule has 1 aliphatic rings. The second-order valence-corrected chi connectivity index (χ2v) is 6.40. The molecule has 7 heteroatoms. The minimum atomic E-state index is -0.0204. The minimum absolute atomic E-state index is 0.0204. The second-order valence-electron chi connectivity index (χ2n) is 6.40. The van der Waals surface area contributed by atoms with Crippen LogP contribution >= 0.6 is 0 Å². The molecule has 1 aliphatic heterocycles. The van der Waals surface area contributed by atoms with Crippen molar-refractivity contribution in [2.75, 3.05) is 13.1 Å². The monoisotopic (exact) mass is 330 g/mol. The third-order valence-corrected chi connectivity index (χ3v) is 4.69. The van der Waals surface area contributed by atoms with Gasteiger partial charge < -0.3 is 0 Å². The highest BCUT2D eigenvalue weighted by molar-refractivity contribution is 5.05. The highest BCUT2D eigenvalue weighted by atomic mass is 16.2.